The van der Waals surface area contributed by atoms with Gasteiger partial charge in [0.1, 0.15) is 5.69 Å². The molecule has 0 aliphatic heterocycles. The van der Waals surface area contributed by atoms with Gasteiger partial charge in [-0.05, 0) is 19.1 Å². The summed E-state index contributed by atoms with van der Waals surface area (Å²) in [5.74, 6) is -0.0855. The lowest BCUT2D eigenvalue weighted by Gasteiger charge is -2.04. The lowest BCUT2D eigenvalue weighted by Crippen LogP contribution is -2.27. The average molecular weight is 342 g/mol. The van der Waals surface area contributed by atoms with Gasteiger partial charge in [0.25, 0.3) is 5.56 Å². The number of hydrogen-bond acceptors (Lipinski definition) is 5. The summed E-state index contributed by atoms with van der Waals surface area (Å²) in [5, 5.41) is 3.87. The lowest BCUT2D eigenvalue weighted by molar-refractivity contribution is -0.121. The minimum Gasteiger partial charge on any atom is -0.356 e. The fourth-order valence-electron chi connectivity index (χ4n) is 2.38. The molecule has 0 aliphatic rings. The van der Waals surface area contributed by atoms with Crippen molar-refractivity contribution in [2.24, 2.45) is 0 Å². The first-order valence-electron chi connectivity index (χ1n) is 7.78. The largest absolute Gasteiger partial charge is 0.356 e. The van der Waals surface area contributed by atoms with E-state index in [2.05, 4.69) is 20.3 Å². The predicted octanol–water partition coefficient (Wildman–Crippen LogP) is 1.98. The monoisotopic (exact) mass is 342 g/mol. The van der Waals surface area contributed by atoms with Gasteiger partial charge in [0, 0.05) is 36.9 Å². The van der Waals surface area contributed by atoms with E-state index < -0.39 is 0 Å². The van der Waals surface area contributed by atoms with Crippen LogP contribution in [-0.2, 0) is 17.6 Å². The zero-order chi connectivity index (χ0) is 16.9. The number of thiazole rings is 1. The minimum absolute atomic E-state index is 0.0855. The van der Waals surface area contributed by atoms with E-state index in [9.17, 15) is 9.59 Å². The molecule has 0 saturated carbocycles. The summed E-state index contributed by atoms with van der Waals surface area (Å²) in [4.78, 5) is 36.5. The molecule has 0 spiro atoms. The molecule has 0 fully saturated rings. The van der Waals surface area contributed by atoms with E-state index in [1.54, 1.807) is 17.4 Å². The van der Waals surface area contributed by atoms with Gasteiger partial charge >= 0.3 is 0 Å². The van der Waals surface area contributed by atoms with Gasteiger partial charge in [-0.1, -0.05) is 12.1 Å². The standard InChI is InChI=1S/C17H18N4O2S/c1-11-10-19-16(24-11)8-9-18-15(22)7-6-14-17(23)21-13-5-3-2-4-12(13)20-14/h2-5,10H,6-9H2,1H3,(H,18,22)(H,21,23). The van der Waals surface area contributed by atoms with Crippen LogP contribution in [0, 0.1) is 6.92 Å². The van der Waals surface area contributed by atoms with Crippen molar-refractivity contribution < 1.29 is 4.79 Å². The highest BCUT2D eigenvalue weighted by Crippen LogP contribution is 2.11. The molecule has 0 aliphatic carbocycles. The lowest BCUT2D eigenvalue weighted by atomic mass is 10.2. The number of aromatic amines is 1. The zero-order valence-electron chi connectivity index (χ0n) is 13.3. The van der Waals surface area contributed by atoms with E-state index in [0.29, 0.717) is 24.2 Å². The molecule has 2 N–H and O–H groups in total. The van der Waals surface area contributed by atoms with Crippen molar-refractivity contribution in [3.63, 3.8) is 0 Å². The van der Waals surface area contributed by atoms with Crippen LogP contribution in [0.2, 0.25) is 0 Å². The Hall–Kier alpha value is -2.54. The molecule has 6 nitrogen and oxygen atoms in total. The van der Waals surface area contributed by atoms with Gasteiger partial charge in [-0.15, -0.1) is 11.3 Å². The maximum absolute atomic E-state index is 12.0. The van der Waals surface area contributed by atoms with Gasteiger partial charge in [-0.25, -0.2) is 9.97 Å². The van der Waals surface area contributed by atoms with Crippen molar-refractivity contribution in [2.45, 2.75) is 26.2 Å². The second-order valence-corrected chi connectivity index (χ2v) is 6.81. The Balaban J connectivity index is 1.52. The second kappa shape index (κ2) is 7.35. The van der Waals surface area contributed by atoms with E-state index in [0.717, 1.165) is 21.8 Å². The maximum atomic E-state index is 12.0. The maximum Gasteiger partial charge on any atom is 0.270 e. The van der Waals surface area contributed by atoms with Gasteiger partial charge in [-0.3, -0.25) is 9.59 Å². The van der Waals surface area contributed by atoms with Crippen molar-refractivity contribution in [1.29, 1.82) is 0 Å². The van der Waals surface area contributed by atoms with Crippen LogP contribution in [0.1, 0.15) is 22.0 Å². The van der Waals surface area contributed by atoms with E-state index in [-0.39, 0.29) is 17.9 Å². The number of rotatable bonds is 6. The van der Waals surface area contributed by atoms with Crippen LogP contribution >= 0.6 is 11.3 Å². The quantitative estimate of drug-likeness (QED) is 0.717. The molecule has 3 aromatic rings. The summed E-state index contributed by atoms with van der Waals surface area (Å²) in [6.07, 6.45) is 3.12. The van der Waals surface area contributed by atoms with E-state index in [4.69, 9.17) is 0 Å². The van der Waals surface area contributed by atoms with Crippen LogP contribution in [0.4, 0.5) is 0 Å². The first-order valence-corrected chi connectivity index (χ1v) is 8.59. The summed E-state index contributed by atoms with van der Waals surface area (Å²) in [6.45, 7) is 2.56. The van der Waals surface area contributed by atoms with Crippen LogP contribution < -0.4 is 10.9 Å². The third-order valence-electron chi connectivity index (χ3n) is 3.59. The Kier molecular flexibility index (Phi) is 5.00. The summed E-state index contributed by atoms with van der Waals surface area (Å²) in [7, 11) is 0. The number of fused-ring (bicyclic) bond motifs is 1. The van der Waals surface area contributed by atoms with Crippen LogP contribution in [0.25, 0.3) is 11.0 Å². The number of carbonyl (C=O) groups excluding carboxylic acids is 1. The highest BCUT2D eigenvalue weighted by atomic mass is 32.1. The van der Waals surface area contributed by atoms with Crippen molar-refractivity contribution in [1.82, 2.24) is 20.3 Å². The second-order valence-electron chi connectivity index (χ2n) is 5.49. The Bertz CT molecular complexity index is 916. The fourth-order valence-corrected chi connectivity index (χ4v) is 3.17. The van der Waals surface area contributed by atoms with Crippen molar-refractivity contribution in [3.8, 4) is 0 Å². The SMILES string of the molecule is Cc1cnc(CCNC(=O)CCc2nc3ccccc3[nH]c2=O)s1. The number of nitrogens with zero attached hydrogens (tertiary/aromatic N) is 2. The summed E-state index contributed by atoms with van der Waals surface area (Å²) in [5.41, 5.74) is 1.58. The van der Waals surface area contributed by atoms with Crippen LogP contribution in [0.5, 0.6) is 0 Å². The van der Waals surface area contributed by atoms with E-state index >= 15 is 0 Å². The molecule has 1 aromatic carbocycles. The first-order chi connectivity index (χ1) is 11.6. The Labute approximate surface area is 143 Å². The number of nitrogens with one attached hydrogen (secondary N) is 2. The zero-order valence-corrected chi connectivity index (χ0v) is 14.2. The van der Waals surface area contributed by atoms with Crippen LogP contribution in [0.3, 0.4) is 0 Å². The van der Waals surface area contributed by atoms with Crippen molar-refractivity contribution in [2.75, 3.05) is 6.54 Å². The number of benzene rings is 1. The number of hydrogen-bond donors (Lipinski definition) is 2. The molecule has 2 heterocycles. The van der Waals surface area contributed by atoms with Crippen molar-refractivity contribution >= 4 is 28.3 Å². The van der Waals surface area contributed by atoms with Crippen LogP contribution in [-0.4, -0.2) is 27.4 Å². The van der Waals surface area contributed by atoms with Crippen molar-refractivity contribution in [3.05, 3.63) is 56.4 Å². The Morgan fingerprint density at radius 3 is 2.92 bits per heavy atom. The smallest absolute Gasteiger partial charge is 0.270 e. The molecular weight excluding hydrogens is 324 g/mol. The van der Waals surface area contributed by atoms with Gasteiger partial charge in [0.15, 0.2) is 0 Å². The average Bonchev–Trinajstić information content (AvgIpc) is 2.98. The van der Waals surface area contributed by atoms with Gasteiger partial charge in [0.05, 0.1) is 16.0 Å². The third kappa shape index (κ3) is 4.05. The highest BCUT2D eigenvalue weighted by Gasteiger charge is 2.08. The molecule has 0 bridgehead atoms. The Morgan fingerprint density at radius 1 is 1.29 bits per heavy atom. The molecule has 124 valence electrons. The summed E-state index contributed by atoms with van der Waals surface area (Å²) >= 11 is 1.63. The number of para-hydroxylation sites is 2. The molecule has 0 unspecified atom stereocenters. The number of H-pyrrole nitrogens is 1. The predicted molar refractivity (Wildman–Crippen MR) is 94.2 cm³/mol. The molecule has 1 amide bonds. The fraction of sp³-hybridized carbons (Fsp3) is 0.294. The topological polar surface area (TPSA) is 87.7 Å². The molecule has 0 atom stereocenters. The van der Waals surface area contributed by atoms with Crippen LogP contribution in [0.15, 0.2) is 35.3 Å². The number of aryl methyl sites for hydroxylation is 2. The molecule has 3 rings (SSSR count). The van der Waals surface area contributed by atoms with Gasteiger partial charge in [0.2, 0.25) is 5.91 Å². The number of amides is 1. The molecule has 2 aromatic heterocycles. The summed E-state index contributed by atoms with van der Waals surface area (Å²) in [6, 6.07) is 7.35. The minimum atomic E-state index is -0.236. The van der Waals surface area contributed by atoms with Gasteiger partial charge < -0.3 is 10.3 Å². The third-order valence-corrected chi connectivity index (χ3v) is 4.56. The number of aromatic nitrogens is 3. The van der Waals surface area contributed by atoms with E-state index in [1.165, 1.54) is 0 Å². The summed E-state index contributed by atoms with van der Waals surface area (Å²) < 4.78 is 0. The van der Waals surface area contributed by atoms with Gasteiger partial charge in [-0.2, -0.15) is 0 Å². The highest BCUT2D eigenvalue weighted by molar-refractivity contribution is 7.11. The number of carbonyl (C=O) groups is 1. The first kappa shape index (κ1) is 16.3. The van der Waals surface area contributed by atoms with E-state index in [1.807, 2.05) is 31.3 Å². The molecule has 7 heteroatoms. The molecule has 0 saturated heterocycles. The molecule has 0 radical (unpaired) electrons. The Morgan fingerprint density at radius 2 is 2.12 bits per heavy atom. The molecular formula is C17H18N4O2S. The molecule has 24 heavy (non-hydrogen) atoms. The normalized spacial score (nSPS) is 10.9.